The molecule has 0 saturated heterocycles. The van der Waals surface area contributed by atoms with Crippen LogP contribution in [0.15, 0.2) is 78.0 Å². The fourth-order valence-electron chi connectivity index (χ4n) is 3.08. The molecule has 1 unspecified atom stereocenters. The van der Waals surface area contributed by atoms with Gasteiger partial charge < -0.3 is 15.5 Å². The maximum absolute atomic E-state index is 12.5. The van der Waals surface area contributed by atoms with Crippen LogP contribution in [0, 0.1) is 6.92 Å². The molecular formula is C24H28N4OS. The van der Waals surface area contributed by atoms with Crippen molar-refractivity contribution in [2.45, 2.75) is 23.7 Å². The van der Waals surface area contributed by atoms with Crippen molar-refractivity contribution >= 4 is 23.5 Å². The number of carbonyl (C=O) groups is 1. The van der Waals surface area contributed by atoms with Crippen LogP contribution in [0.4, 0.5) is 10.5 Å². The Labute approximate surface area is 182 Å². The molecule has 1 heterocycles. The van der Waals surface area contributed by atoms with Crippen LogP contribution in [0.2, 0.25) is 0 Å². The molecule has 0 saturated carbocycles. The van der Waals surface area contributed by atoms with Gasteiger partial charge in [-0.3, -0.25) is 0 Å². The van der Waals surface area contributed by atoms with Gasteiger partial charge in [0, 0.05) is 24.2 Å². The molecule has 2 amide bonds. The number of hydrogen-bond donors (Lipinski definition) is 2. The van der Waals surface area contributed by atoms with Crippen molar-refractivity contribution in [1.82, 2.24) is 15.2 Å². The summed E-state index contributed by atoms with van der Waals surface area (Å²) in [7, 11) is 4.04. The summed E-state index contributed by atoms with van der Waals surface area (Å²) in [5, 5.41) is 6.92. The van der Waals surface area contributed by atoms with Gasteiger partial charge in [-0.1, -0.05) is 48.0 Å². The van der Waals surface area contributed by atoms with Crippen LogP contribution in [0.3, 0.4) is 0 Å². The first-order chi connectivity index (χ1) is 14.5. The summed E-state index contributed by atoms with van der Waals surface area (Å²) in [6.07, 6.45) is 1.79. The van der Waals surface area contributed by atoms with Crippen LogP contribution < -0.4 is 10.6 Å². The smallest absolute Gasteiger partial charge is 0.319 e. The minimum Gasteiger partial charge on any atom is -0.336 e. The van der Waals surface area contributed by atoms with E-state index in [0.29, 0.717) is 6.54 Å². The van der Waals surface area contributed by atoms with E-state index in [2.05, 4.69) is 57.8 Å². The summed E-state index contributed by atoms with van der Waals surface area (Å²) in [5.74, 6) is 0.796. The number of nitrogens with one attached hydrogen (secondary N) is 2. The molecule has 0 radical (unpaired) electrons. The fraction of sp³-hybridized carbons (Fsp3) is 0.250. The first-order valence-corrected chi connectivity index (χ1v) is 10.9. The van der Waals surface area contributed by atoms with Crippen LogP contribution >= 0.6 is 11.8 Å². The van der Waals surface area contributed by atoms with E-state index in [4.69, 9.17) is 0 Å². The highest BCUT2D eigenvalue weighted by molar-refractivity contribution is 7.98. The average Bonchev–Trinajstić information content (AvgIpc) is 2.74. The molecule has 2 N–H and O–H groups in total. The summed E-state index contributed by atoms with van der Waals surface area (Å²) < 4.78 is 0. The van der Waals surface area contributed by atoms with Crippen molar-refractivity contribution in [3.05, 3.63) is 89.6 Å². The van der Waals surface area contributed by atoms with Gasteiger partial charge in [0.05, 0.1) is 11.1 Å². The summed E-state index contributed by atoms with van der Waals surface area (Å²) in [4.78, 5) is 18.9. The van der Waals surface area contributed by atoms with Crippen molar-refractivity contribution in [2.24, 2.45) is 0 Å². The Balaban J connectivity index is 1.54. The molecule has 2 aromatic carbocycles. The highest BCUT2D eigenvalue weighted by atomic mass is 32.2. The van der Waals surface area contributed by atoms with Crippen molar-refractivity contribution in [3.8, 4) is 0 Å². The van der Waals surface area contributed by atoms with Gasteiger partial charge in [0.25, 0.3) is 0 Å². The van der Waals surface area contributed by atoms with Gasteiger partial charge in [0.2, 0.25) is 0 Å². The van der Waals surface area contributed by atoms with Gasteiger partial charge in [-0.2, -0.15) is 0 Å². The van der Waals surface area contributed by atoms with E-state index >= 15 is 0 Å². The number of anilines is 1. The van der Waals surface area contributed by atoms with Gasteiger partial charge in [-0.25, -0.2) is 9.78 Å². The molecule has 5 nitrogen and oxygen atoms in total. The lowest BCUT2D eigenvalue weighted by Crippen LogP contribution is -2.36. The lowest BCUT2D eigenvalue weighted by Gasteiger charge is -2.25. The normalized spacial score (nSPS) is 11.9. The second-order valence-electron chi connectivity index (χ2n) is 7.38. The Kier molecular flexibility index (Phi) is 7.88. The Bertz CT molecular complexity index is 945. The number of benzene rings is 2. The molecule has 0 fully saturated rings. The third-order valence-electron chi connectivity index (χ3n) is 4.75. The molecule has 0 aliphatic carbocycles. The molecule has 0 aliphatic heterocycles. The van der Waals surface area contributed by atoms with Crippen molar-refractivity contribution in [1.29, 1.82) is 0 Å². The zero-order valence-corrected chi connectivity index (χ0v) is 18.4. The zero-order chi connectivity index (χ0) is 21.3. The average molecular weight is 421 g/mol. The molecular weight excluding hydrogens is 392 g/mol. The van der Waals surface area contributed by atoms with Crippen LogP contribution in [0.5, 0.6) is 0 Å². The third-order valence-corrected chi connectivity index (χ3v) is 5.77. The van der Waals surface area contributed by atoms with Crippen molar-refractivity contribution in [3.63, 3.8) is 0 Å². The number of hydrogen-bond acceptors (Lipinski definition) is 4. The molecule has 0 spiro atoms. The fourth-order valence-corrected chi connectivity index (χ4v) is 3.88. The predicted octanol–water partition coefficient (Wildman–Crippen LogP) is 5.11. The van der Waals surface area contributed by atoms with Crippen LogP contribution in [0.25, 0.3) is 0 Å². The highest BCUT2D eigenvalue weighted by Crippen LogP contribution is 2.22. The quantitative estimate of drug-likeness (QED) is 0.498. The highest BCUT2D eigenvalue weighted by Gasteiger charge is 2.15. The third kappa shape index (κ3) is 6.61. The van der Waals surface area contributed by atoms with E-state index in [9.17, 15) is 4.79 Å². The minimum atomic E-state index is -0.205. The summed E-state index contributed by atoms with van der Waals surface area (Å²) in [6, 6.07) is 22.1. The molecule has 0 bridgehead atoms. The lowest BCUT2D eigenvalue weighted by molar-refractivity contribution is 0.243. The van der Waals surface area contributed by atoms with E-state index in [1.807, 2.05) is 50.5 Å². The van der Waals surface area contributed by atoms with E-state index < -0.39 is 0 Å². The molecule has 1 atom stereocenters. The number of carbonyl (C=O) groups excluding carboxylic acids is 1. The Morgan fingerprint density at radius 3 is 2.57 bits per heavy atom. The topological polar surface area (TPSA) is 57.3 Å². The molecule has 156 valence electrons. The second-order valence-corrected chi connectivity index (χ2v) is 8.38. The monoisotopic (exact) mass is 420 g/mol. The van der Waals surface area contributed by atoms with Crippen molar-refractivity contribution < 1.29 is 4.79 Å². The lowest BCUT2D eigenvalue weighted by atomic mass is 10.0. The number of aromatic nitrogens is 1. The van der Waals surface area contributed by atoms with Gasteiger partial charge in [-0.05, 0) is 56.4 Å². The zero-order valence-electron chi connectivity index (χ0n) is 17.6. The number of aryl methyl sites for hydroxylation is 1. The van der Waals surface area contributed by atoms with Gasteiger partial charge in [0.1, 0.15) is 0 Å². The van der Waals surface area contributed by atoms with E-state index in [-0.39, 0.29) is 12.1 Å². The Morgan fingerprint density at radius 2 is 1.87 bits per heavy atom. The van der Waals surface area contributed by atoms with Gasteiger partial charge in [0.15, 0.2) is 0 Å². The standard InChI is InChI=1S/C24H28N4OS/c1-18-10-12-20(13-11-18)22(28(2)3)16-26-24(29)27-21-8-6-7-19(15-21)17-30-23-9-4-5-14-25-23/h4-15,22H,16-17H2,1-3H3,(H2,26,27,29). The SMILES string of the molecule is Cc1ccc(C(CNC(=O)Nc2cccc(CSc3ccccn3)c2)N(C)C)cc1. The van der Waals surface area contributed by atoms with E-state index in [1.165, 1.54) is 11.1 Å². The molecule has 30 heavy (non-hydrogen) atoms. The van der Waals surface area contributed by atoms with Crippen LogP contribution in [0.1, 0.15) is 22.7 Å². The van der Waals surface area contributed by atoms with Crippen LogP contribution in [-0.2, 0) is 5.75 Å². The number of rotatable bonds is 8. The second kappa shape index (κ2) is 10.8. The van der Waals surface area contributed by atoms with Gasteiger partial charge >= 0.3 is 6.03 Å². The maximum Gasteiger partial charge on any atom is 0.319 e. The number of thioether (sulfide) groups is 1. The van der Waals surface area contributed by atoms with E-state index in [0.717, 1.165) is 22.0 Å². The number of amides is 2. The summed E-state index contributed by atoms with van der Waals surface area (Å²) >= 11 is 1.67. The number of likely N-dealkylation sites (N-methyl/N-ethyl adjacent to an activating group) is 1. The maximum atomic E-state index is 12.5. The molecule has 1 aromatic heterocycles. The first-order valence-electron chi connectivity index (χ1n) is 9.92. The number of pyridine rings is 1. The van der Waals surface area contributed by atoms with Crippen molar-refractivity contribution in [2.75, 3.05) is 26.0 Å². The summed E-state index contributed by atoms with van der Waals surface area (Å²) in [5.41, 5.74) is 4.32. The Hall–Kier alpha value is -2.83. The molecule has 3 aromatic rings. The number of nitrogens with zero attached hydrogens (tertiary/aromatic N) is 2. The molecule has 3 rings (SSSR count). The molecule has 0 aliphatic rings. The van der Waals surface area contributed by atoms with Crippen LogP contribution in [-0.4, -0.2) is 36.6 Å². The van der Waals surface area contributed by atoms with E-state index in [1.54, 1.807) is 18.0 Å². The molecule has 6 heteroatoms. The first kappa shape index (κ1) is 21.9. The Morgan fingerprint density at radius 1 is 1.07 bits per heavy atom. The number of urea groups is 1. The van der Waals surface area contributed by atoms with Gasteiger partial charge in [-0.15, -0.1) is 11.8 Å². The predicted molar refractivity (Wildman–Crippen MR) is 125 cm³/mol. The largest absolute Gasteiger partial charge is 0.336 e. The summed E-state index contributed by atoms with van der Waals surface area (Å²) in [6.45, 7) is 2.60. The minimum absolute atomic E-state index is 0.109.